The van der Waals surface area contributed by atoms with E-state index in [1.54, 1.807) is 42.5 Å². The van der Waals surface area contributed by atoms with Crippen molar-refractivity contribution in [3.8, 4) is 0 Å². The molecule has 0 unspecified atom stereocenters. The first-order valence-corrected chi connectivity index (χ1v) is 23.4. The number of halogens is 7. The number of likely N-dealkylation sites (tertiary alicyclic amines) is 1. The lowest BCUT2D eigenvalue weighted by atomic mass is 9.72. The molecular weight excluding hydrogens is 916 g/mol. The minimum Gasteiger partial charge on any atom is -0.444 e. The monoisotopic (exact) mass is 975 g/mol. The summed E-state index contributed by atoms with van der Waals surface area (Å²) >= 11 is 0. The maximum atomic E-state index is 14.1. The van der Waals surface area contributed by atoms with Crippen LogP contribution < -0.4 is 0 Å². The van der Waals surface area contributed by atoms with Crippen LogP contribution in [0.4, 0.5) is 35.5 Å². The number of benzene rings is 3. The zero-order chi connectivity index (χ0) is 49.9. The number of piperidine rings is 1. The third-order valence-corrected chi connectivity index (χ3v) is 13.8. The second-order valence-electron chi connectivity index (χ2n) is 19.6. The average molecular weight is 976 g/mol. The summed E-state index contributed by atoms with van der Waals surface area (Å²) in [5.41, 5.74) is -3.43. The molecule has 4 amide bonds. The molecule has 0 radical (unpaired) electrons. The quantitative estimate of drug-likeness (QED) is 0.124. The first-order valence-electron chi connectivity index (χ1n) is 23.4. The molecule has 3 saturated heterocycles. The molecule has 376 valence electrons. The lowest BCUT2D eigenvalue weighted by Crippen LogP contribution is -2.50. The van der Waals surface area contributed by atoms with Crippen LogP contribution in [-0.4, -0.2) is 139 Å². The lowest BCUT2D eigenvalue weighted by molar-refractivity contribution is -0.143. The summed E-state index contributed by atoms with van der Waals surface area (Å²) in [7, 11) is 1.73. The van der Waals surface area contributed by atoms with Gasteiger partial charge in [0.15, 0.2) is 0 Å². The molecule has 0 bridgehead atoms. The highest BCUT2D eigenvalue weighted by Crippen LogP contribution is 2.48. The Bertz CT molecular complexity index is 2300. The van der Waals surface area contributed by atoms with Crippen LogP contribution in [0, 0.1) is 5.82 Å². The van der Waals surface area contributed by atoms with Crippen LogP contribution >= 0.6 is 0 Å². The fraction of sp³-hybridized carbons (Fsp3) is 0.560. The molecule has 12 nitrogen and oxygen atoms in total. The van der Waals surface area contributed by atoms with Gasteiger partial charge in [0, 0.05) is 63.7 Å². The smallest absolute Gasteiger partial charge is 0.416 e. The maximum Gasteiger partial charge on any atom is 0.416 e. The van der Waals surface area contributed by atoms with Gasteiger partial charge in [0.05, 0.1) is 23.8 Å². The van der Waals surface area contributed by atoms with E-state index in [9.17, 15) is 49.9 Å². The van der Waals surface area contributed by atoms with Crippen molar-refractivity contribution in [3.63, 3.8) is 0 Å². The first-order chi connectivity index (χ1) is 32.5. The Morgan fingerprint density at radius 3 is 2.14 bits per heavy atom. The molecule has 3 aromatic rings. The van der Waals surface area contributed by atoms with E-state index in [1.807, 2.05) is 12.1 Å². The number of alkyl halides is 6. The molecular formula is C50H60F7N5O7. The van der Waals surface area contributed by atoms with Gasteiger partial charge in [-0.25, -0.2) is 9.18 Å². The van der Waals surface area contributed by atoms with E-state index in [1.165, 1.54) is 29.8 Å². The minimum absolute atomic E-state index is 0.0245. The number of fused-ring (bicyclic) bond motifs is 2. The van der Waals surface area contributed by atoms with Gasteiger partial charge in [-0.1, -0.05) is 36.4 Å². The van der Waals surface area contributed by atoms with Gasteiger partial charge in [-0.05, 0) is 119 Å². The largest absolute Gasteiger partial charge is 0.444 e. The van der Waals surface area contributed by atoms with Gasteiger partial charge in [0.1, 0.15) is 30.4 Å². The van der Waals surface area contributed by atoms with E-state index in [0.29, 0.717) is 102 Å². The molecule has 0 saturated carbocycles. The number of unbranched alkanes of at least 4 members (excludes halogenated alkanes) is 1. The normalized spacial score (nSPS) is 21.1. The minimum atomic E-state index is -5.14. The Morgan fingerprint density at radius 1 is 0.826 bits per heavy atom. The SMILES string of the molecule is CN(CCCCN1CCN(C(=O)OC(C)(C)C)CCC1=O)C(=O)CO[C@H]1Cc2ccccc2C12CCN(CC[C@@]1(c3ccc(F)cc3)CN(C(=O)c3cc(C(F)(F)F)cc(C(F)(F)F)c3)CO1)CC2. The van der Waals surface area contributed by atoms with Crippen LogP contribution in [0.25, 0.3) is 0 Å². The number of ether oxygens (including phenoxy) is 3. The van der Waals surface area contributed by atoms with Gasteiger partial charge < -0.3 is 38.7 Å². The number of nitrogens with zero attached hydrogens (tertiary/aromatic N) is 5. The van der Waals surface area contributed by atoms with Gasteiger partial charge in [-0.2, -0.15) is 26.3 Å². The molecule has 19 heteroatoms. The van der Waals surface area contributed by atoms with E-state index >= 15 is 0 Å². The number of rotatable bonds is 13. The molecule has 3 heterocycles. The van der Waals surface area contributed by atoms with E-state index in [0.717, 1.165) is 10.5 Å². The Morgan fingerprint density at radius 2 is 1.49 bits per heavy atom. The van der Waals surface area contributed by atoms with Crippen molar-refractivity contribution in [1.29, 1.82) is 0 Å². The van der Waals surface area contributed by atoms with E-state index in [-0.39, 0.29) is 55.4 Å². The number of hydrogen-bond acceptors (Lipinski definition) is 8. The molecule has 4 aliphatic rings. The molecule has 1 aliphatic carbocycles. The Labute approximate surface area is 397 Å². The van der Waals surface area contributed by atoms with Crippen molar-refractivity contribution in [1.82, 2.24) is 24.5 Å². The summed E-state index contributed by atoms with van der Waals surface area (Å²) in [5, 5.41) is 0. The van der Waals surface area contributed by atoms with Crippen molar-refractivity contribution in [2.45, 2.75) is 101 Å². The van der Waals surface area contributed by atoms with Gasteiger partial charge in [-0.3, -0.25) is 14.4 Å². The predicted molar refractivity (Wildman–Crippen MR) is 239 cm³/mol. The van der Waals surface area contributed by atoms with Crippen molar-refractivity contribution in [2.24, 2.45) is 0 Å². The molecule has 0 N–H and O–H groups in total. The van der Waals surface area contributed by atoms with Crippen LogP contribution in [0.15, 0.2) is 66.7 Å². The van der Waals surface area contributed by atoms with Crippen molar-refractivity contribution >= 4 is 23.8 Å². The predicted octanol–water partition coefficient (Wildman–Crippen LogP) is 8.26. The van der Waals surface area contributed by atoms with Crippen LogP contribution in [0.3, 0.4) is 0 Å². The molecule has 7 rings (SSSR count). The molecule has 3 aliphatic heterocycles. The second kappa shape index (κ2) is 20.6. The Hall–Kier alpha value is -5.27. The van der Waals surface area contributed by atoms with E-state index in [2.05, 4.69) is 17.0 Å². The topological polar surface area (TPSA) is 112 Å². The van der Waals surface area contributed by atoms with Crippen LogP contribution in [0.2, 0.25) is 0 Å². The van der Waals surface area contributed by atoms with Crippen LogP contribution in [0.1, 0.15) is 97.5 Å². The second-order valence-corrected chi connectivity index (χ2v) is 19.6. The van der Waals surface area contributed by atoms with Gasteiger partial charge in [0.2, 0.25) is 11.8 Å². The number of amides is 4. The summed E-state index contributed by atoms with van der Waals surface area (Å²) in [5.74, 6) is -1.78. The standard InChI is InChI=1S/C50H60F7N5O7/c1-46(2,3)69-45(66)61-21-15-42(63)60(25-26-61)20-8-7-19-58(4)43(64)31-67-41-29-34-9-5-6-10-40(34)47(41)16-22-59(23-17-47)24-18-48(36-11-13-39(51)14-12-36)32-62(33-68-48)44(65)35-27-37(49(52,53)54)30-38(28-35)50(55,56)57/h5-6,9-14,27-28,30,41H,7-8,15-26,29,31-33H2,1-4H3/t41-,48-/m0/s1. The molecule has 3 aromatic carbocycles. The zero-order valence-corrected chi connectivity index (χ0v) is 39.4. The van der Waals surface area contributed by atoms with Gasteiger partial charge in [0.25, 0.3) is 5.91 Å². The highest BCUT2D eigenvalue weighted by molar-refractivity contribution is 5.95. The third-order valence-electron chi connectivity index (χ3n) is 13.8. The fourth-order valence-corrected chi connectivity index (χ4v) is 9.96. The summed E-state index contributed by atoms with van der Waals surface area (Å²) in [4.78, 5) is 60.8. The summed E-state index contributed by atoms with van der Waals surface area (Å²) in [6.07, 6.45) is -7.16. The first kappa shape index (κ1) is 51.6. The lowest BCUT2D eigenvalue weighted by Gasteiger charge is -2.44. The third kappa shape index (κ3) is 12.2. The molecule has 1 spiro atoms. The average Bonchev–Trinajstić information content (AvgIpc) is 3.80. The number of hydrogen-bond donors (Lipinski definition) is 0. The van der Waals surface area contributed by atoms with Crippen molar-refractivity contribution in [3.05, 3.63) is 106 Å². The Kier molecular flexibility index (Phi) is 15.4. The zero-order valence-electron chi connectivity index (χ0n) is 39.4. The van der Waals surface area contributed by atoms with Crippen LogP contribution in [0.5, 0.6) is 0 Å². The van der Waals surface area contributed by atoms with Gasteiger partial charge in [-0.15, -0.1) is 0 Å². The highest BCUT2D eigenvalue weighted by atomic mass is 19.4. The number of carbonyl (C=O) groups excluding carboxylic acids is 4. The van der Waals surface area contributed by atoms with E-state index in [4.69, 9.17) is 14.2 Å². The van der Waals surface area contributed by atoms with Crippen molar-refractivity contribution in [2.75, 3.05) is 79.3 Å². The molecule has 69 heavy (non-hydrogen) atoms. The van der Waals surface area contributed by atoms with Crippen molar-refractivity contribution < 1.29 is 64.1 Å². The maximum absolute atomic E-state index is 14.1. The van der Waals surface area contributed by atoms with Crippen LogP contribution in [-0.2, 0) is 53.6 Å². The summed E-state index contributed by atoms with van der Waals surface area (Å²) in [6.45, 7) is 8.41. The highest BCUT2D eigenvalue weighted by Gasteiger charge is 2.50. The van der Waals surface area contributed by atoms with E-state index < -0.39 is 64.8 Å². The fourth-order valence-electron chi connectivity index (χ4n) is 9.96. The van der Waals surface area contributed by atoms with Gasteiger partial charge >= 0.3 is 18.4 Å². The number of carbonyl (C=O) groups is 4. The Balaban J connectivity index is 0.941. The number of likely N-dealkylation sites (N-methyl/N-ethyl adjacent to an activating group) is 1. The molecule has 3 fully saturated rings. The summed E-state index contributed by atoms with van der Waals surface area (Å²) in [6, 6.07) is 14.4. The molecule has 0 aromatic heterocycles. The summed E-state index contributed by atoms with van der Waals surface area (Å²) < 4.78 is 115. The molecule has 2 atom stereocenters.